The Morgan fingerprint density at radius 3 is 2.69 bits per heavy atom. The summed E-state index contributed by atoms with van der Waals surface area (Å²) in [4.78, 5) is 25.8. The van der Waals surface area contributed by atoms with Gasteiger partial charge in [0.1, 0.15) is 10.8 Å². The Hall–Kier alpha value is -2.60. The van der Waals surface area contributed by atoms with Crippen LogP contribution in [0.2, 0.25) is 0 Å². The van der Waals surface area contributed by atoms with Crippen LogP contribution >= 0.6 is 11.3 Å². The first-order valence-electron chi connectivity index (χ1n) is 8.49. The lowest BCUT2D eigenvalue weighted by Gasteiger charge is -2.11. The van der Waals surface area contributed by atoms with Crippen molar-refractivity contribution in [3.8, 4) is 5.75 Å². The van der Waals surface area contributed by atoms with Gasteiger partial charge in [0.15, 0.2) is 0 Å². The van der Waals surface area contributed by atoms with Crippen LogP contribution in [0.4, 0.5) is 5.00 Å². The first kappa shape index (κ1) is 18.2. The van der Waals surface area contributed by atoms with E-state index in [4.69, 9.17) is 9.47 Å². The van der Waals surface area contributed by atoms with Crippen LogP contribution in [0.1, 0.15) is 39.2 Å². The van der Waals surface area contributed by atoms with Crippen LogP contribution in [-0.4, -0.2) is 26.1 Å². The van der Waals surface area contributed by atoms with Gasteiger partial charge in [-0.1, -0.05) is 18.2 Å². The maximum atomic E-state index is 12.4. The minimum absolute atomic E-state index is 0.292. The fraction of sp³-hybridized carbons (Fsp3) is 0.300. The molecular formula is C20H21NO4S. The summed E-state index contributed by atoms with van der Waals surface area (Å²) in [6.07, 6.45) is 7.08. The van der Waals surface area contributed by atoms with E-state index in [-0.39, 0.29) is 5.91 Å². The van der Waals surface area contributed by atoms with Gasteiger partial charge in [-0.2, -0.15) is 0 Å². The zero-order chi connectivity index (χ0) is 18.5. The van der Waals surface area contributed by atoms with Crippen LogP contribution in [-0.2, 0) is 22.4 Å². The van der Waals surface area contributed by atoms with Crippen molar-refractivity contribution in [2.45, 2.75) is 25.7 Å². The van der Waals surface area contributed by atoms with Crippen LogP contribution in [0.3, 0.4) is 0 Å². The van der Waals surface area contributed by atoms with E-state index in [1.807, 2.05) is 24.3 Å². The Balaban J connectivity index is 1.82. The summed E-state index contributed by atoms with van der Waals surface area (Å²) in [5, 5.41) is 3.41. The van der Waals surface area contributed by atoms with Crippen LogP contribution in [0.5, 0.6) is 5.75 Å². The van der Waals surface area contributed by atoms with Gasteiger partial charge < -0.3 is 14.8 Å². The summed E-state index contributed by atoms with van der Waals surface area (Å²) in [6.45, 7) is 0. The predicted octanol–water partition coefficient (Wildman–Crippen LogP) is 4.07. The summed E-state index contributed by atoms with van der Waals surface area (Å²) in [7, 11) is 2.95. The molecule has 0 saturated carbocycles. The standard InChI is InChI=1S/C20H21NO4S/c1-24-15-9-5-3-7-13(15)11-12-17(22)21-19-18(20(23)25-2)14-8-4-6-10-16(14)26-19/h3,5,7,9,11-12H,4,6,8,10H2,1-2H3,(H,21,22). The van der Waals surface area contributed by atoms with Crippen molar-refractivity contribution < 1.29 is 19.1 Å². The van der Waals surface area contributed by atoms with E-state index in [2.05, 4.69) is 5.32 Å². The van der Waals surface area contributed by atoms with Gasteiger partial charge in [-0.25, -0.2) is 4.79 Å². The van der Waals surface area contributed by atoms with Crippen molar-refractivity contribution >= 4 is 34.3 Å². The Kier molecular flexibility index (Phi) is 5.73. The summed E-state index contributed by atoms with van der Waals surface area (Å²) in [5.41, 5.74) is 2.34. The number of aryl methyl sites for hydroxylation is 1. The first-order chi connectivity index (χ1) is 12.6. The van der Waals surface area contributed by atoms with Gasteiger partial charge in [-0.15, -0.1) is 11.3 Å². The molecule has 1 aliphatic rings. The molecule has 136 valence electrons. The van der Waals surface area contributed by atoms with Gasteiger partial charge in [0.05, 0.1) is 19.8 Å². The number of carbonyl (C=O) groups is 2. The largest absolute Gasteiger partial charge is 0.496 e. The highest BCUT2D eigenvalue weighted by atomic mass is 32.1. The van der Waals surface area contributed by atoms with E-state index in [1.54, 1.807) is 13.2 Å². The Morgan fingerprint density at radius 1 is 1.15 bits per heavy atom. The van der Waals surface area contributed by atoms with Crippen molar-refractivity contribution in [2.75, 3.05) is 19.5 Å². The summed E-state index contributed by atoms with van der Waals surface area (Å²) >= 11 is 1.47. The number of esters is 1. The number of rotatable bonds is 5. The van der Waals surface area contributed by atoms with Crippen molar-refractivity contribution in [3.05, 3.63) is 51.9 Å². The van der Waals surface area contributed by atoms with E-state index in [1.165, 1.54) is 29.4 Å². The zero-order valence-electron chi connectivity index (χ0n) is 14.8. The van der Waals surface area contributed by atoms with Crippen molar-refractivity contribution in [1.29, 1.82) is 0 Å². The molecule has 1 aliphatic carbocycles. The number of nitrogens with one attached hydrogen (secondary N) is 1. The second kappa shape index (κ2) is 8.19. The highest BCUT2D eigenvalue weighted by Gasteiger charge is 2.26. The fourth-order valence-corrected chi connectivity index (χ4v) is 4.38. The summed E-state index contributed by atoms with van der Waals surface area (Å²) < 4.78 is 10.2. The second-order valence-electron chi connectivity index (χ2n) is 5.97. The number of methoxy groups -OCH3 is 2. The number of hydrogen-bond donors (Lipinski definition) is 1. The average Bonchev–Trinajstić information content (AvgIpc) is 3.03. The number of para-hydroxylation sites is 1. The Labute approximate surface area is 156 Å². The number of amides is 1. The van der Waals surface area contributed by atoms with E-state index >= 15 is 0 Å². The molecule has 0 radical (unpaired) electrons. The molecule has 1 aromatic carbocycles. The quantitative estimate of drug-likeness (QED) is 0.635. The molecule has 2 aromatic rings. The number of benzene rings is 1. The molecule has 0 saturated heterocycles. The van der Waals surface area contributed by atoms with Crippen molar-refractivity contribution in [1.82, 2.24) is 0 Å². The molecule has 1 N–H and O–H groups in total. The molecule has 0 unspecified atom stereocenters. The maximum absolute atomic E-state index is 12.4. The molecule has 5 nitrogen and oxygen atoms in total. The minimum Gasteiger partial charge on any atom is -0.496 e. The second-order valence-corrected chi connectivity index (χ2v) is 7.08. The molecule has 0 aliphatic heterocycles. The molecule has 1 heterocycles. The first-order valence-corrected chi connectivity index (χ1v) is 9.30. The molecule has 3 rings (SSSR count). The topological polar surface area (TPSA) is 64.6 Å². The van der Waals surface area contributed by atoms with Crippen LogP contribution in [0, 0.1) is 0 Å². The van der Waals surface area contributed by atoms with E-state index in [9.17, 15) is 9.59 Å². The zero-order valence-corrected chi connectivity index (χ0v) is 15.7. The van der Waals surface area contributed by atoms with Gasteiger partial charge in [0, 0.05) is 16.5 Å². The average molecular weight is 371 g/mol. The molecule has 0 fully saturated rings. The van der Waals surface area contributed by atoms with Gasteiger partial charge in [0.2, 0.25) is 5.91 Å². The number of hydrogen-bond acceptors (Lipinski definition) is 5. The summed E-state index contributed by atoms with van der Waals surface area (Å²) in [5.74, 6) is 0.00597. The maximum Gasteiger partial charge on any atom is 0.341 e. The van der Waals surface area contributed by atoms with Crippen LogP contribution < -0.4 is 10.1 Å². The highest BCUT2D eigenvalue weighted by Crippen LogP contribution is 2.38. The highest BCUT2D eigenvalue weighted by molar-refractivity contribution is 7.17. The van der Waals surface area contributed by atoms with E-state index < -0.39 is 5.97 Å². The molecule has 6 heteroatoms. The number of thiophene rings is 1. The fourth-order valence-electron chi connectivity index (χ4n) is 3.10. The molecule has 0 bridgehead atoms. The minimum atomic E-state index is -0.395. The Bertz CT molecular complexity index is 853. The van der Waals surface area contributed by atoms with Gasteiger partial charge in [0.25, 0.3) is 0 Å². The third-order valence-corrected chi connectivity index (χ3v) is 5.56. The van der Waals surface area contributed by atoms with Crippen molar-refractivity contribution in [3.63, 3.8) is 0 Å². The van der Waals surface area contributed by atoms with E-state index in [0.29, 0.717) is 16.3 Å². The molecule has 26 heavy (non-hydrogen) atoms. The normalized spacial score (nSPS) is 13.3. The lowest BCUT2D eigenvalue weighted by molar-refractivity contribution is -0.111. The van der Waals surface area contributed by atoms with Crippen LogP contribution in [0.25, 0.3) is 6.08 Å². The lowest BCUT2D eigenvalue weighted by Crippen LogP contribution is -2.13. The van der Waals surface area contributed by atoms with Gasteiger partial charge >= 0.3 is 5.97 Å². The van der Waals surface area contributed by atoms with Crippen molar-refractivity contribution in [2.24, 2.45) is 0 Å². The third-order valence-electron chi connectivity index (χ3n) is 4.35. The smallest absolute Gasteiger partial charge is 0.341 e. The van der Waals surface area contributed by atoms with Gasteiger partial charge in [-0.05, 0) is 43.4 Å². The SMILES string of the molecule is COC(=O)c1c(NC(=O)C=Cc2ccccc2OC)sc2c1CCCC2. The van der Waals surface area contributed by atoms with Crippen LogP contribution in [0.15, 0.2) is 30.3 Å². The number of ether oxygens (including phenoxy) is 2. The number of carbonyl (C=O) groups excluding carboxylic acids is 2. The lowest BCUT2D eigenvalue weighted by atomic mass is 9.95. The number of fused-ring (bicyclic) bond motifs is 1. The predicted molar refractivity (Wildman–Crippen MR) is 103 cm³/mol. The molecule has 0 atom stereocenters. The molecule has 0 spiro atoms. The summed E-state index contributed by atoms with van der Waals surface area (Å²) in [6, 6.07) is 7.45. The van der Waals surface area contributed by atoms with E-state index in [0.717, 1.165) is 36.8 Å². The number of anilines is 1. The molecular weight excluding hydrogens is 350 g/mol. The third kappa shape index (κ3) is 3.80. The Morgan fingerprint density at radius 2 is 1.92 bits per heavy atom. The monoisotopic (exact) mass is 371 g/mol. The van der Waals surface area contributed by atoms with Gasteiger partial charge in [-0.3, -0.25) is 4.79 Å². The molecule has 1 amide bonds. The molecule has 1 aromatic heterocycles.